The van der Waals surface area contributed by atoms with Crippen LogP contribution in [0.3, 0.4) is 0 Å². The highest BCUT2D eigenvalue weighted by Gasteiger charge is 2.21. The molecule has 116 valence electrons. The highest BCUT2D eigenvalue weighted by Crippen LogP contribution is 2.43. The van der Waals surface area contributed by atoms with E-state index < -0.39 is 0 Å². The quantitative estimate of drug-likeness (QED) is 0.424. The Labute approximate surface area is 141 Å². The minimum Gasteiger partial charge on any atom is -0.353 e. The molecule has 0 radical (unpaired) electrons. The Balaban J connectivity index is 1.93. The maximum Gasteiger partial charge on any atom is 0.0730 e. The van der Waals surface area contributed by atoms with E-state index >= 15 is 0 Å². The van der Waals surface area contributed by atoms with Crippen LogP contribution < -0.4 is 4.90 Å². The SMILES string of the molecule is CC1=Cc2ccccc2N(C)c2c1ccc1c2[nH]c2ccccc21. The number of nitrogens with zero attached hydrogens (tertiary/aromatic N) is 1. The van der Waals surface area contributed by atoms with Gasteiger partial charge in [0, 0.05) is 34.6 Å². The van der Waals surface area contributed by atoms with Gasteiger partial charge in [-0.05, 0) is 36.3 Å². The molecule has 3 aromatic carbocycles. The number of H-pyrrole nitrogens is 1. The minimum absolute atomic E-state index is 1.19. The van der Waals surface area contributed by atoms with Crippen LogP contribution in [-0.4, -0.2) is 12.0 Å². The Morgan fingerprint density at radius 3 is 2.54 bits per heavy atom. The number of anilines is 2. The smallest absolute Gasteiger partial charge is 0.0730 e. The summed E-state index contributed by atoms with van der Waals surface area (Å²) in [5, 5.41) is 2.56. The molecule has 0 amide bonds. The molecular weight excluding hydrogens is 292 g/mol. The van der Waals surface area contributed by atoms with Crippen molar-refractivity contribution in [3.63, 3.8) is 0 Å². The maximum atomic E-state index is 3.65. The van der Waals surface area contributed by atoms with E-state index in [-0.39, 0.29) is 0 Å². The van der Waals surface area contributed by atoms with Crippen molar-refractivity contribution < 1.29 is 0 Å². The molecule has 5 rings (SSSR count). The Hall–Kier alpha value is -3.00. The first-order valence-corrected chi connectivity index (χ1v) is 8.29. The number of aromatic nitrogens is 1. The number of nitrogens with one attached hydrogen (secondary N) is 1. The lowest BCUT2D eigenvalue weighted by atomic mass is 10.0. The molecule has 1 aliphatic heterocycles. The van der Waals surface area contributed by atoms with Gasteiger partial charge in [-0.15, -0.1) is 0 Å². The maximum absolute atomic E-state index is 3.65. The average molecular weight is 310 g/mol. The zero-order chi connectivity index (χ0) is 16.3. The summed E-state index contributed by atoms with van der Waals surface area (Å²) >= 11 is 0. The van der Waals surface area contributed by atoms with Crippen molar-refractivity contribution >= 4 is 44.8 Å². The standard InChI is InChI=1S/C22H18N2/c1-14-13-15-7-3-6-10-20(15)24(2)22-16(14)11-12-18-17-8-4-5-9-19(17)23-21(18)22/h3-13,23H,1-2H3. The van der Waals surface area contributed by atoms with E-state index in [1.807, 2.05) is 0 Å². The highest BCUT2D eigenvalue weighted by atomic mass is 15.1. The fourth-order valence-electron chi connectivity index (χ4n) is 3.92. The Bertz CT molecular complexity index is 1130. The van der Waals surface area contributed by atoms with E-state index in [4.69, 9.17) is 0 Å². The molecule has 4 aromatic rings. The van der Waals surface area contributed by atoms with E-state index in [1.165, 1.54) is 49.9 Å². The van der Waals surface area contributed by atoms with E-state index in [1.54, 1.807) is 0 Å². The Kier molecular flexibility index (Phi) is 2.66. The van der Waals surface area contributed by atoms with Crippen molar-refractivity contribution in [1.29, 1.82) is 0 Å². The second kappa shape index (κ2) is 4.75. The summed E-state index contributed by atoms with van der Waals surface area (Å²) in [5.41, 5.74) is 8.73. The molecule has 24 heavy (non-hydrogen) atoms. The third-order valence-electron chi connectivity index (χ3n) is 5.09. The van der Waals surface area contributed by atoms with E-state index in [2.05, 4.69) is 90.6 Å². The molecule has 0 spiro atoms. The molecule has 2 heterocycles. The molecule has 0 saturated carbocycles. The Morgan fingerprint density at radius 2 is 1.62 bits per heavy atom. The third kappa shape index (κ3) is 1.71. The minimum atomic E-state index is 1.19. The summed E-state index contributed by atoms with van der Waals surface area (Å²) < 4.78 is 0. The second-order valence-electron chi connectivity index (χ2n) is 6.50. The van der Waals surface area contributed by atoms with Crippen molar-refractivity contribution in [2.45, 2.75) is 6.92 Å². The van der Waals surface area contributed by atoms with E-state index in [0.29, 0.717) is 0 Å². The van der Waals surface area contributed by atoms with E-state index in [0.717, 1.165) is 0 Å². The molecule has 1 aliphatic rings. The van der Waals surface area contributed by atoms with Crippen LogP contribution in [0.2, 0.25) is 0 Å². The van der Waals surface area contributed by atoms with Crippen molar-refractivity contribution in [2.24, 2.45) is 0 Å². The first-order chi connectivity index (χ1) is 11.7. The summed E-state index contributed by atoms with van der Waals surface area (Å²) in [7, 11) is 2.16. The van der Waals surface area contributed by atoms with Crippen LogP contribution in [0.5, 0.6) is 0 Å². The van der Waals surface area contributed by atoms with Crippen LogP contribution in [0, 0.1) is 0 Å². The van der Waals surface area contributed by atoms with Crippen molar-refractivity contribution in [2.75, 3.05) is 11.9 Å². The zero-order valence-electron chi connectivity index (χ0n) is 13.8. The van der Waals surface area contributed by atoms with Gasteiger partial charge >= 0.3 is 0 Å². The number of allylic oxidation sites excluding steroid dienone is 1. The van der Waals surface area contributed by atoms with Crippen LogP contribution in [0.1, 0.15) is 18.1 Å². The first kappa shape index (κ1) is 13.4. The lowest BCUT2D eigenvalue weighted by molar-refractivity contribution is 1.21. The fraction of sp³-hybridized carbons (Fsp3) is 0.0909. The second-order valence-corrected chi connectivity index (χ2v) is 6.50. The number of benzene rings is 3. The van der Waals surface area contributed by atoms with Gasteiger partial charge in [0.2, 0.25) is 0 Å². The van der Waals surface area contributed by atoms with Gasteiger partial charge in [0.15, 0.2) is 0 Å². The highest BCUT2D eigenvalue weighted by molar-refractivity contribution is 6.14. The summed E-state index contributed by atoms with van der Waals surface area (Å²) in [4.78, 5) is 5.96. The van der Waals surface area contributed by atoms with Crippen LogP contribution >= 0.6 is 0 Å². The van der Waals surface area contributed by atoms with Crippen LogP contribution in [0.15, 0.2) is 60.7 Å². The molecule has 2 nitrogen and oxygen atoms in total. The lowest BCUT2D eigenvalue weighted by Crippen LogP contribution is -2.12. The van der Waals surface area contributed by atoms with Gasteiger partial charge in [-0.1, -0.05) is 48.5 Å². The number of fused-ring (bicyclic) bond motifs is 6. The van der Waals surface area contributed by atoms with Crippen molar-refractivity contribution in [3.05, 3.63) is 71.8 Å². The molecule has 2 heteroatoms. The third-order valence-corrected chi connectivity index (χ3v) is 5.09. The van der Waals surface area contributed by atoms with Gasteiger partial charge in [-0.25, -0.2) is 0 Å². The number of hydrogen-bond acceptors (Lipinski definition) is 1. The predicted molar refractivity (Wildman–Crippen MR) is 104 cm³/mol. The molecule has 1 N–H and O–H groups in total. The van der Waals surface area contributed by atoms with Crippen molar-refractivity contribution in [3.8, 4) is 0 Å². The average Bonchev–Trinajstić information content (AvgIpc) is 2.94. The number of para-hydroxylation sites is 2. The molecule has 0 atom stereocenters. The van der Waals surface area contributed by atoms with Gasteiger partial charge < -0.3 is 9.88 Å². The summed E-state index contributed by atoms with van der Waals surface area (Å²) in [6, 6.07) is 21.6. The topological polar surface area (TPSA) is 19.0 Å². The molecule has 0 fully saturated rings. The molecular formula is C22H18N2. The fourth-order valence-corrected chi connectivity index (χ4v) is 3.92. The van der Waals surface area contributed by atoms with Crippen molar-refractivity contribution in [1.82, 2.24) is 4.98 Å². The van der Waals surface area contributed by atoms with Gasteiger partial charge in [-0.3, -0.25) is 0 Å². The monoisotopic (exact) mass is 310 g/mol. The van der Waals surface area contributed by atoms with Crippen LogP contribution in [0.4, 0.5) is 11.4 Å². The van der Waals surface area contributed by atoms with Crippen LogP contribution in [0.25, 0.3) is 33.5 Å². The number of rotatable bonds is 0. The lowest BCUT2D eigenvalue weighted by Gasteiger charge is -2.23. The number of aromatic amines is 1. The molecule has 0 aliphatic carbocycles. The first-order valence-electron chi connectivity index (χ1n) is 8.29. The zero-order valence-corrected chi connectivity index (χ0v) is 13.8. The van der Waals surface area contributed by atoms with Gasteiger partial charge in [0.05, 0.1) is 11.2 Å². The summed E-state index contributed by atoms with van der Waals surface area (Å²) in [5.74, 6) is 0. The van der Waals surface area contributed by atoms with Gasteiger partial charge in [-0.2, -0.15) is 0 Å². The normalized spacial score (nSPS) is 13.6. The molecule has 0 saturated heterocycles. The summed E-state index contributed by atoms with van der Waals surface area (Å²) in [6.07, 6.45) is 2.28. The largest absolute Gasteiger partial charge is 0.353 e. The molecule has 0 bridgehead atoms. The van der Waals surface area contributed by atoms with Crippen LogP contribution in [-0.2, 0) is 0 Å². The summed E-state index contributed by atoms with van der Waals surface area (Å²) in [6.45, 7) is 2.20. The van der Waals surface area contributed by atoms with E-state index in [9.17, 15) is 0 Å². The predicted octanol–water partition coefficient (Wildman–Crippen LogP) is 5.96. The molecule has 0 unspecified atom stereocenters. The van der Waals surface area contributed by atoms with Gasteiger partial charge in [0.25, 0.3) is 0 Å². The molecule has 1 aromatic heterocycles. The van der Waals surface area contributed by atoms with Gasteiger partial charge in [0.1, 0.15) is 0 Å². The Morgan fingerprint density at radius 1 is 0.833 bits per heavy atom. The number of hydrogen-bond donors (Lipinski definition) is 1.